The van der Waals surface area contributed by atoms with Gasteiger partial charge in [-0.05, 0) is 31.3 Å². The van der Waals surface area contributed by atoms with Gasteiger partial charge in [0.25, 0.3) is 0 Å². The molecule has 0 saturated heterocycles. The SMILES string of the molecule is CCNCCC(C)CCCC(C)C. The lowest BCUT2D eigenvalue weighted by Crippen LogP contribution is -2.16. The van der Waals surface area contributed by atoms with Gasteiger partial charge in [0.15, 0.2) is 0 Å². The van der Waals surface area contributed by atoms with Crippen LogP contribution in [0.25, 0.3) is 0 Å². The molecule has 0 fully saturated rings. The molecule has 1 unspecified atom stereocenters. The Labute approximate surface area is 84.3 Å². The van der Waals surface area contributed by atoms with Crippen LogP contribution in [-0.2, 0) is 0 Å². The molecule has 0 heterocycles. The Bertz CT molecular complexity index is 99.3. The lowest BCUT2D eigenvalue weighted by molar-refractivity contribution is 0.428. The standard InChI is InChI=1S/C12H27N/c1-5-13-10-9-12(4)8-6-7-11(2)3/h11-13H,5-10H2,1-4H3. The Morgan fingerprint density at radius 2 is 1.69 bits per heavy atom. The van der Waals surface area contributed by atoms with E-state index in [0.29, 0.717) is 0 Å². The van der Waals surface area contributed by atoms with Crippen LogP contribution < -0.4 is 5.32 Å². The number of rotatable bonds is 8. The minimum atomic E-state index is 0.876. The summed E-state index contributed by atoms with van der Waals surface area (Å²) < 4.78 is 0. The maximum atomic E-state index is 3.38. The normalized spacial score (nSPS) is 13.6. The molecule has 1 heteroatoms. The summed E-state index contributed by atoms with van der Waals surface area (Å²) in [5.74, 6) is 1.78. The van der Waals surface area contributed by atoms with Crippen LogP contribution in [0.1, 0.15) is 53.4 Å². The average Bonchev–Trinajstić information content (AvgIpc) is 2.04. The summed E-state index contributed by atoms with van der Waals surface area (Å²) in [5.41, 5.74) is 0. The Kier molecular flexibility index (Phi) is 8.53. The van der Waals surface area contributed by atoms with Crippen LogP contribution in [0.4, 0.5) is 0 Å². The largest absolute Gasteiger partial charge is 0.317 e. The summed E-state index contributed by atoms with van der Waals surface area (Å²) in [6.45, 7) is 11.5. The van der Waals surface area contributed by atoms with E-state index < -0.39 is 0 Å². The molecule has 13 heavy (non-hydrogen) atoms. The van der Waals surface area contributed by atoms with Crippen molar-refractivity contribution in [1.82, 2.24) is 5.32 Å². The molecule has 0 saturated carbocycles. The van der Waals surface area contributed by atoms with Crippen molar-refractivity contribution in [3.63, 3.8) is 0 Å². The second-order valence-corrected chi connectivity index (χ2v) is 4.57. The van der Waals surface area contributed by atoms with E-state index in [1.807, 2.05) is 0 Å². The summed E-state index contributed by atoms with van der Waals surface area (Å²) in [4.78, 5) is 0. The van der Waals surface area contributed by atoms with Crippen molar-refractivity contribution in [3.05, 3.63) is 0 Å². The molecule has 0 radical (unpaired) electrons. The predicted molar refractivity (Wildman–Crippen MR) is 61.0 cm³/mol. The molecule has 0 aromatic heterocycles. The van der Waals surface area contributed by atoms with Crippen molar-refractivity contribution >= 4 is 0 Å². The summed E-state index contributed by atoms with van der Waals surface area (Å²) in [5, 5.41) is 3.38. The maximum Gasteiger partial charge on any atom is -0.00465 e. The van der Waals surface area contributed by atoms with Crippen LogP contribution in [0, 0.1) is 11.8 Å². The maximum absolute atomic E-state index is 3.38. The molecule has 0 amide bonds. The van der Waals surface area contributed by atoms with Gasteiger partial charge in [-0.25, -0.2) is 0 Å². The molecule has 0 bridgehead atoms. The molecule has 0 aromatic carbocycles. The quantitative estimate of drug-likeness (QED) is 0.571. The molecule has 1 nitrogen and oxygen atoms in total. The first-order valence-corrected chi connectivity index (χ1v) is 5.87. The Hall–Kier alpha value is -0.0400. The zero-order valence-electron chi connectivity index (χ0n) is 9.90. The smallest absolute Gasteiger partial charge is 0.00465 e. The number of nitrogens with one attached hydrogen (secondary N) is 1. The van der Waals surface area contributed by atoms with E-state index in [2.05, 4.69) is 33.0 Å². The first-order chi connectivity index (χ1) is 6.16. The van der Waals surface area contributed by atoms with Gasteiger partial charge in [-0.15, -0.1) is 0 Å². The van der Waals surface area contributed by atoms with E-state index in [0.717, 1.165) is 18.4 Å². The fourth-order valence-electron chi connectivity index (χ4n) is 1.54. The van der Waals surface area contributed by atoms with Gasteiger partial charge >= 0.3 is 0 Å². The van der Waals surface area contributed by atoms with Crippen LogP contribution in [0.15, 0.2) is 0 Å². The third kappa shape index (κ3) is 9.88. The van der Waals surface area contributed by atoms with E-state index in [4.69, 9.17) is 0 Å². The molecule has 0 aliphatic heterocycles. The minimum absolute atomic E-state index is 0.876. The Morgan fingerprint density at radius 3 is 2.23 bits per heavy atom. The van der Waals surface area contributed by atoms with Crippen molar-refractivity contribution in [3.8, 4) is 0 Å². The lowest BCUT2D eigenvalue weighted by atomic mass is 9.97. The zero-order valence-corrected chi connectivity index (χ0v) is 9.90. The second-order valence-electron chi connectivity index (χ2n) is 4.57. The van der Waals surface area contributed by atoms with Crippen LogP contribution in [0.3, 0.4) is 0 Å². The van der Waals surface area contributed by atoms with E-state index in [-0.39, 0.29) is 0 Å². The highest BCUT2D eigenvalue weighted by Crippen LogP contribution is 2.14. The van der Waals surface area contributed by atoms with Gasteiger partial charge in [-0.1, -0.05) is 47.0 Å². The van der Waals surface area contributed by atoms with Crippen LogP contribution in [0.5, 0.6) is 0 Å². The highest BCUT2D eigenvalue weighted by Gasteiger charge is 2.02. The van der Waals surface area contributed by atoms with Crippen molar-refractivity contribution in [2.75, 3.05) is 13.1 Å². The van der Waals surface area contributed by atoms with E-state index in [1.165, 1.54) is 32.2 Å². The monoisotopic (exact) mass is 185 g/mol. The molecule has 1 N–H and O–H groups in total. The molecule has 0 aliphatic rings. The van der Waals surface area contributed by atoms with Gasteiger partial charge in [0, 0.05) is 0 Å². The molecule has 1 atom stereocenters. The summed E-state index contributed by atoms with van der Waals surface area (Å²) in [6.07, 6.45) is 5.55. The fraction of sp³-hybridized carbons (Fsp3) is 1.00. The fourth-order valence-corrected chi connectivity index (χ4v) is 1.54. The third-order valence-corrected chi connectivity index (χ3v) is 2.54. The molecule has 0 spiro atoms. The molecule has 0 aliphatic carbocycles. The van der Waals surface area contributed by atoms with Crippen LogP contribution in [-0.4, -0.2) is 13.1 Å². The third-order valence-electron chi connectivity index (χ3n) is 2.54. The zero-order chi connectivity index (χ0) is 10.1. The van der Waals surface area contributed by atoms with Crippen LogP contribution in [0.2, 0.25) is 0 Å². The topological polar surface area (TPSA) is 12.0 Å². The van der Waals surface area contributed by atoms with E-state index in [9.17, 15) is 0 Å². The number of hydrogen-bond donors (Lipinski definition) is 1. The lowest BCUT2D eigenvalue weighted by Gasteiger charge is -2.12. The van der Waals surface area contributed by atoms with Gasteiger partial charge in [-0.3, -0.25) is 0 Å². The Balaban J connectivity index is 3.15. The van der Waals surface area contributed by atoms with Gasteiger partial charge in [-0.2, -0.15) is 0 Å². The first-order valence-electron chi connectivity index (χ1n) is 5.87. The van der Waals surface area contributed by atoms with Gasteiger partial charge in [0.05, 0.1) is 0 Å². The number of hydrogen-bond acceptors (Lipinski definition) is 1. The second kappa shape index (κ2) is 8.55. The summed E-state index contributed by atoms with van der Waals surface area (Å²) in [6, 6.07) is 0. The summed E-state index contributed by atoms with van der Waals surface area (Å²) in [7, 11) is 0. The molecule has 80 valence electrons. The molecule has 0 rings (SSSR count). The Morgan fingerprint density at radius 1 is 1.00 bits per heavy atom. The van der Waals surface area contributed by atoms with E-state index >= 15 is 0 Å². The van der Waals surface area contributed by atoms with E-state index in [1.54, 1.807) is 0 Å². The minimum Gasteiger partial charge on any atom is -0.317 e. The van der Waals surface area contributed by atoms with Crippen molar-refractivity contribution in [1.29, 1.82) is 0 Å². The highest BCUT2D eigenvalue weighted by atomic mass is 14.8. The molecular formula is C12H27N. The predicted octanol–water partition coefficient (Wildman–Crippen LogP) is 3.45. The van der Waals surface area contributed by atoms with Gasteiger partial charge < -0.3 is 5.32 Å². The van der Waals surface area contributed by atoms with Crippen LogP contribution >= 0.6 is 0 Å². The van der Waals surface area contributed by atoms with Crippen molar-refractivity contribution in [2.45, 2.75) is 53.4 Å². The van der Waals surface area contributed by atoms with Gasteiger partial charge in [0.2, 0.25) is 0 Å². The molecule has 0 aromatic rings. The summed E-state index contributed by atoms with van der Waals surface area (Å²) >= 11 is 0. The average molecular weight is 185 g/mol. The first kappa shape index (κ1) is 13.0. The van der Waals surface area contributed by atoms with Crippen molar-refractivity contribution < 1.29 is 0 Å². The highest BCUT2D eigenvalue weighted by molar-refractivity contribution is 4.57. The molecular weight excluding hydrogens is 158 g/mol. The van der Waals surface area contributed by atoms with Gasteiger partial charge in [0.1, 0.15) is 0 Å². The van der Waals surface area contributed by atoms with Crippen molar-refractivity contribution in [2.24, 2.45) is 11.8 Å².